The van der Waals surface area contributed by atoms with Crippen molar-refractivity contribution >= 4 is 0 Å². The van der Waals surface area contributed by atoms with Crippen molar-refractivity contribution in [1.82, 2.24) is 5.16 Å². The molecule has 0 fully saturated rings. The highest BCUT2D eigenvalue weighted by molar-refractivity contribution is 5.60. The zero-order valence-corrected chi connectivity index (χ0v) is 11.2. The molecule has 1 atom stereocenters. The van der Waals surface area contributed by atoms with E-state index in [9.17, 15) is 17.6 Å². The first-order valence-electron chi connectivity index (χ1n) is 6.42. The highest BCUT2D eigenvalue weighted by atomic mass is 19.4. The molecule has 21 heavy (non-hydrogen) atoms. The highest BCUT2D eigenvalue weighted by Gasteiger charge is 2.34. The van der Waals surface area contributed by atoms with Gasteiger partial charge in [-0.1, -0.05) is 18.5 Å². The molecular weight excluding hydrogens is 288 g/mol. The van der Waals surface area contributed by atoms with Crippen LogP contribution in [0.1, 0.15) is 37.1 Å². The molecule has 114 valence electrons. The number of alkyl halides is 3. The van der Waals surface area contributed by atoms with Crippen molar-refractivity contribution in [3.05, 3.63) is 41.4 Å². The van der Waals surface area contributed by atoms with Crippen molar-refractivity contribution in [3.8, 4) is 11.3 Å². The van der Waals surface area contributed by atoms with Gasteiger partial charge in [0.25, 0.3) is 0 Å². The fourth-order valence-corrected chi connectivity index (χ4v) is 1.96. The summed E-state index contributed by atoms with van der Waals surface area (Å²) in [5, 5.41) is 3.70. The molecule has 0 saturated carbocycles. The van der Waals surface area contributed by atoms with E-state index in [2.05, 4.69) is 5.16 Å². The maximum absolute atomic E-state index is 13.2. The number of benzene rings is 1. The summed E-state index contributed by atoms with van der Waals surface area (Å²) in [4.78, 5) is 0. The molecule has 0 bridgehead atoms. The van der Waals surface area contributed by atoms with Gasteiger partial charge in [-0.05, 0) is 24.6 Å². The number of rotatable bonds is 4. The van der Waals surface area contributed by atoms with Gasteiger partial charge in [0.15, 0.2) is 5.76 Å². The van der Waals surface area contributed by atoms with Crippen LogP contribution in [0.4, 0.5) is 17.6 Å². The van der Waals surface area contributed by atoms with Crippen LogP contribution in [0.2, 0.25) is 0 Å². The summed E-state index contributed by atoms with van der Waals surface area (Å²) in [5.74, 6) is -0.928. The molecule has 1 aromatic carbocycles. The normalized spacial score (nSPS) is 13.4. The minimum atomic E-state index is -4.76. The number of aromatic nitrogens is 1. The van der Waals surface area contributed by atoms with Crippen LogP contribution in [0.15, 0.2) is 28.8 Å². The quantitative estimate of drug-likeness (QED) is 0.857. The average Bonchev–Trinajstić information content (AvgIpc) is 2.88. The largest absolute Gasteiger partial charge is 0.419 e. The van der Waals surface area contributed by atoms with Crippen molar-refractivity contribution in [3.63, 3.8) is 0 Å². The smallest absolute Gasteiger partial charge is 0.359 e. The first-order chi connectivity index (χ1) is 9.82. The number of halogens is 4. The Morgan fingerprint density at radius 3 is 2.62 bits per heavy atom. The van der Waals surface area contributed by atoms with Gasteiger partial charge in [0.2, 0.25) is 0 Å². The zero-order valence-electron chi connectivity index (χ0n) is 11.2. The van der Waals surface area contributed by atoms with Crippen molar-refractivity contribution in [2.75, 3.05) is 0 Å². The lowest BCUT2D eigenvalue weighted by Crippen LogP contribution is -2.08. The second-order valence-corrected chi connectivity index (χ2v) is 4.70. The third-order valence-corrected chi connectivity index (χ3v) is 3.06. The van der Waals surface area contributed by atoms with Gasteiger partial charge in [0.1, 0.15) is 11.5 Å². The maximum atomic E-state index is 13.2. The first-order valence-corrected chi connectivity index (χ1v) is 6.42. The molecule has 2 rings (SSSR count). The third-order valence-electron chi connectivity index (χ3n) is 3.06. The molecular formula is C14H14F4N2O. The van der Waals surface area contributed by atoms with Gasteiger partial charge in [-0.25, -0.2) is 4.39 Å². The minimum Gasteiger partial charge on any atom is -0.359 e. The Morgan fingerprint density at radius 2 is 2.00 bits per heavy atom. The second kappa shape index (κ2) is 5.85. The van der Waals surface area contributed by atoms with E-state index in [1.54, 1.807) is 0 Å². The van der Waals surface area contributed by atoms with Gasteiger partial charge in [0.05, 0.1) is 11.6 Å². The summed E-state index contributed by atoms with van der Waals surface area (Å²) in [5.41, 5.74) is 4.84. The molecule has 1 aromatic heterocycles. The van der Waals surface area contributed by atoms with Gasteiger partial charge in [0, 0.05) is 11.6 Å². The molecule has 0 radical (unpaired) electrons. The van der Waals surface area contributed by atoms with Gasteiger partial charge < -0.3 is 10.3 Å². The van der Waals surface area contributed by atoms with Crippen LogP contribution < -0.4 is 5.73 Å². The number of hydrogen-bond acceptors (Lipinski definition) is 3. The Balaban J connectivity index is 2.35. The van der Waals surface area contributed by atoms with Crippen LogP contribution in [0, 0.1) is 5.82 Å². The van der Waals surface area contributed by atoms with E-state index in [0.29, 0.717) is 18.2 Å². The zero-order chi connectivity index (χ0) is 15.6. The fraction of sp³-hybridized carbons (Fsp3) is 0.357. The monoisotopic (exact) mass is 302 g/mol. The van der Waals surface area contributed by atoms with Crippen molar-refractivity contribution in [2.24, 2.45) is 5.73 Å². The first kappa shape index (κ1) is 15.5. The molecule has 1 heterocycles. The van der Waals surface area contributed by atoms with Crippen molar-refractivity contribution in [2.45, 2.75) is 32.0 Å². The second-order valence-electron chi connectivity index (χ2n) is 4.70. The van der Waals surface area contributed by atoms with Crippen LogP contribution in [0.25, 0.3) is 11.3 Å². The number of hydrogen-bond donors (Lipinski definition) is 1. The molecule has 0 spiro atoms. The van der Waals surface area contributed by atoms with Crippen LogP contribution in [-0.2, 0) is 6.18 Å². The topological polar surface area (TPSA) is 52.0 Å². The standard InChI is InChI=1S/C14H14F4N2O/c1-2-3-11(19)13-7-12(20-21-13)8-4-5-10(15)9(6-8)14(16,17)18/h4-7,11H,2-3,19H2,1H3. The molecule has 3 nitrogen and oxygen atoms in total. The summed E-state index contributed by atoms with van der Waals surface area (Å²) >= 11 is 0. The van der Waals surface area contributed by atoms with Gasteiger partial charge in [-0.15, -0.1) is 0 Å². The van der Waals surface area contributed by atoms with Crippen molar-refractivity contribution in [1.29, 1.82) is 0 Å². The Labute approximate surface area is 118 Å². The van der Waals surface area contributed by atoms with Crippen LogP contribution in [-0.4, -0.2) is 5.16 Å². The molecule has 0 amide bonds. The minimum absolute atomic E-state index is 0.127. The van der Waals surface area contributed by atoms with E-state index in [4.69, 9.17) is 10.3 Å². The maximum Gasteiger partial charge on any atom is 0.419 e. The average molecular weight is 302 g/mol. The van der Waals surface area contributed by atoms with Gasteiger partial charge in [-0.2, -0.15) is 13.2 Å². The molecule has 0 aliphatic rings. The van der Waals surface area contributed by atoms with Crippen molar-refractivity contribution < 1.29 is 22.1 Å². The van der Waals surface area contributed by atoms with E-state index >= 15 is 0 Å². The van der Waals surface area contributed by atoms with Crippen LogP contribution in [0.5, 0.6) is 0 Å². The molecule has 0 aliphatic carbocycles. The Bertz CT molecular complexity index is 622. The number of nitrogens with zero attached hydrogens (tertiary/aromatic N) is 1. The lowest BCUT2D eigenvalue weighted by molar-refractivity contribution is -0.139. The van der Waals surface area contributed by atoms with E-state index in [0.717, 1.165) is 12.5 Å². The molecule has 2 aromatic rings. The molecule has 0 aliphatic heterocycles. The predicted molar refractivity (Wildman–Crippen MR) is 68.7 cm³/mol. The molecule has 7 heteroatoms. The number of nitrogens with two attached hydrogens (primary N) is 1. The fourth-order valence-electron chi connectivity index (χ4n) is 1.96. The Kier molecular flexibility index (Phi) is 4.32. The third kappa shape index (κ3) is 3.41. The lowest BCUT2D eigenvalue weighted by Gasteiger charge is -2.08. The Hall–Kier alpha value is -1.89. The highest BCUT2D eigenvalue weighted by Crippen LogP contribution is 2.34. The summed E-state index contributed by atoms with van der Waals surface area (Å²) in [7, 11) is 0. The lowest BCUT2D eigenvalue weighted by atomic mass is 10.1. The molecule has 1 unspecified atom stereocenters. The molecule has 2 N–H and O–H groups in total. The summed E-state index contributed by atoms with van der Waals surface area (Å²) in [6.07, 6.45) is -3.25. The Morgan fingerprint density at radius 1 is 1.29 bits per heavy atom. The van der Waals surface area contributed by atoms with Crippen LogP contribution >= 0.6 is 0 Å². The summed E-state index contributed by atoms with van der Waals surface area (Å²) < 4.78 is 56.3. The molecule has 0 saturated heterocycles. The van der Waals surface area contributed by atoms with Gasteiger partial charge >= 0.3 is 6.18 Å². The van der Waals surface area contributed by atoms with E-state index < -0.39 is 17.6 Å². The summed E-state index contributed by atoms with van der Waals surface area (Å²) in [6.45, 7) is 1.95. The van der Waals surface area contributed by atoms with E-state index in [1.165, 1.54) is 12.1 Å². The van der Waals surface area contributed by atoms with Gasteiger partial charge in [-0.3, -0.25) is 0 Å². The van der Waals surface area contributed by atoms with E-state index in [-0.39, 0.29) is 17.3 Å². The summed E-state index contributed by atoms with van der Waals surface area (Å²) in [6, 6.07) is 3.81. The van der Waals surface area contributed by atoms with E-state index in [1.807, 2.05) is 6.92 Å². The SMILES string of the molecule is CCCC(N)c1cc(-c2ccc(F)c(C(F)(F)F)c2)no1. The predicted octanol–water partition coefficient (Wildman–Crippen LogP) is 4.30. The van der Waals surface area contributed by atoms with Crippen LogP contribution in [0.3, 0.4) is 0 Å².